The van der Waals surface area contributed by atoms with Crippen molar-refractivity contribution in [3.05, 3.63) is 34.8 Å². The van der Waals surface area contributed by atoms with E-state index in [2.05, 4.69) is 21.2 Å². The van der Waals surface area contributed by atoms with E-state index >= 15 is 0 Å². The van der Waals surface area contributed by atoms with E-state index in [0.29, 0.717) is 17.5 Å². The van der Waals surface area contributed by atoms with Gasteiger partial charge in [0.05, 0.1) is 12.1 Å². The van der Waals surface area contributed by atoms with Crippen molar-refractivity contribution in [2.45, 2.75) is 39.0 Å². The predicted molar refractivity (Wildman–Crippen MR) is 82.5 cm³/mol. The Morgan fingerprint density at radius 1 is 1.43 bits per heavy atom. The van der Waals surface area contributed by atoms with Gasteiger partial charge in [0.2, 0.25) is 11.8 Å². The average Bonchev–Trinajstić information content (AvgIpc) is 3.21. The number of likely N-dealkylation sites (tertiary alicyclic amines) is 1. The van der Waals surface area contributed by atoms with Gasteiger partial charge in [0, 0.05) is 39.9 Å². The molecule has 1 saturated heterocycles. The molecular formula is C16H21N5O2. The summed E-state index contributed by atoms with van der Waals surface area (Å²) in [5.74, 6) is 1.21. The molecule has 1 aliphatic rings. The molecule has 0 saturated carbocycles. The molecular weight excluding hydrogens is 294 g/mol. The number of nitrogens with zero attached hydrogens (tertiary/aromatic N) is 5. The maximum atomic E-state index is 9.19. The van der Waals surface area contributed by atoms with Gasteiger partial charge in [0.1, 0.15) is 11.8 Å². The Morgan fingerprint density at radius 3 is 2.78 bits per heavy atom. The second kappa shape index (κ2) is 6.14. The van der Waals surface area contributed by atoms with Crippen molar-refractivity contribution in [2.75, 3.05) is 13.7 Å². The van der Waals surface area contributed by atoms with Crippen LogP contribution in [0.1, 0.15) is 41.2 Å². The van der Waals surface area contributed by atoms with E-state index in [4.69, 9.17) is 9.15 Å². The number of ether oxygens (including phenoxy) is 1. The summed E-state index contributed by atoms with van der Waals surface area (Å²) in [6, 6.07) is 4.22. The summed E-state index contributed by atoms with van der Waals surface area (Å²) >= 11 is 0. The third-order valence-corrected chi connectivity index (χ3v) is 4.65. The summed E-state index contributed by atoms with van der Waals surface area (Å²) in [7, 11) is 3.64. The Morgan fingerprint density at radius 2 is 2.22 bits per heavy atom. The first-order valence-electron chi connectivity index (χ1n) is 7.65. The molecule has 0 N–H and O–H groups in total. The molecule has 0 spiro atoms. The van der Waals surface area contributed by atoms with Crippen LogP contribution < -0.4 is 0 Å². The quantitative estimate of drug-likeness (QED) is 0.856. The molecule has 7 nitrogen and oxygen atoms in total. The zero-order valence-electron chi connectivity index (χ0n) is 13.9. The van der Waals surface area contributed by atoms with Crippen molar-refractivity contribution in [3.63, 3.8) is 0 Å². The number of aryl methyl sites for hydroxylation is 1. The van der Waals surface area contributed by atoms with Gasteiger partial charge in [-0.25, -0.2) is 0 Å². The lowest BCUT2D eigenvalue weighted by Gasteiger charge is -2.21. The summed E-state index contributed by atoms with van der Waals surface area (Å²) in [4.78, 5) is 2.28. The molecule has 1 fully saturated rings. The standard InChI is InChI=1S/C16H21N5O2/c1-10-12(5-13(7-17)20(10)3)8-21-9-14(22-4)6-15(21)16-19-18-11(2)23-16/h5,14-15H,6,8-9H2,1-4H3/t14-,15+/m0/s1. The van der Waals surface area contributed by atoms with Crippen molar-refractivity contribution in [1.82, 2.24) is 19.7 Å². The number of methoxy groups -OCH3 is 1. The Labute approximate surface area is 135 Å². The van der Waals surface area contributed by atoms with E-state index in [1.807, 2.05) is 24.6 Å². The highest BCUT2D eigenvalue weighted by Crippen LogP contribution is 2.34. The molecule has 3 heterocycles. The van der Waals surface area contributed by atoms with Gasteiger partial charge in [-0.3, -0.25) is 4.90 Å². The van der Waals surface area contributed by atoms with Crippen LogP contribution in [0.15, 0.2) is 10.5 Å². The van der Waals surface area contributed by atoms with Crippen molar-refractivity contribution >= 4 is 0 Å². The van der Waals surface area contributed by atoms with Crippen LogP contribution in [0.4, 0.5) is 0 Å². The van der Waals surface area contributed by atoms with E-state index < -0.39 is 0 Å². The zero-order valence-corrected chi connectivity index (χ0v) is 13.9. The van der Waals surface area contributed by atoms with Crippen LogP contribution in [0.2, 0.25) is 0 Å². The summed E-state index contributed by atoms with van der Waals surface area (Å²) < 4.78 is 13.1. The van der Waals surface area contributed by atoms with Crippen LogP contribution in [-0.4, -0.2) is 39.4 Å². The van der Waals surface area contributed by atoms with Crippen molar-refractivity contribution in [3.8, 4) is 6.07 Å². The third-order valence-electron chi connectivity index (χ3n) is 4.65. The van der Waals surface area contributed by atoms with Gasteiger partial charge >= 0.3 is 0 Å². The first-order chi connectivity index (χ1) is 11.0. The van der Waals surface area contributed by atoms with Crippen LogP contribution in [0.5, 0.6) is 0 Å². The molecule has 0 amide bonds. The van der Waals surface area contributed by atoms with Crippen molar-refractivity contribution in [1.29, 1.82) is 5.26 Å². The minimum atomic E-state index is 0.0475. The van der Waals surface area contributed by atoms with Crippen LogP contribution in [-0.2, 0) is 18.3 Å². The van der Waals surface area contributed by atoms with Crippen LogP contribution in [0.25, 0.3) is 0 Å². The highest BCUT2D eigenvalue weighted by Gasteiger charge is 2.36. The maximum Gasteiger partial charge on any atom is 0.233 e. The molecule has 0 aromatic carbocycles. The lowest BCUT2D eigenvalue weighted by Crippen LogP contribution is -2.25. The average molecular weight is 315 g/mol. The van der Waals surface area contributed by atoms with E-state index in [9.17, 15) is 5.26 Å². The largest absolute Gasteiger partial charge is 0.424 e. The van der Waals surface area contributed by atoms with E-state index in [1.54, 1.807) is 14.0 Å². The molecule has 2 aromatic rings. The second-order valence-electron chi connectivity index (χ2n) is 6.01. The van der Waals surface area contributed by atoms with Crippen molar-refractivity contribution < 1.29 is 9.15 Å². The number of hydrogen-bond donors (Lipinski definition) is 0. The molecule has 0 aliphatic carbocycles. The van der Waals surface area contributed by atoms with Gasteiger partial charge in [0.15, 0.2) is 0 Å². The summed E-state index contributed by atoms with van der Waals surface area (Å²) in [6.45, 7) is 5.36. The fraction of sp³-hybridized carbons (Fsp3) is 0.562. The normalized spacial score (nSPS) is 21.7. The van der Waals surface area contributed by atoms with Crippen LogP contribution >= 0.6 is 0 Å². The highest BCUT2D eigenvalue weighted by molar-refractivity contribution is 5.34. The summed E-state index contributed by atoms with van der Waals surface area (Å²) in [5, 5.41) is 17.3. The number of rotatable bonds is 4. The van der Waals surface area contributed by atoms with Gasteiger partial charge in [0.25, 0.3) is 0 Å². The Hall–Kier alpha value is -2.17. The van der Waals surface area contributed by atoms with Gasteiger partial charge in [-0.05, 0) is 25.0 Å². The fourth-order valence-corrected chi connectivity index (χ4v) is 3.16. The predicted octanol–water partition coefficient (Wildman–Crippen LogP) is 1.86. The lowest BCUT2D eigenvalue weighted by atomic mass is 10.2. The molecule has 0 bridgehead atoms. The topological polar surface area (TPSA) is 80.1 Å². The van der Waals surface area contributed by atoms with E-state index in [-0.39, 0.29) is 12.1 Å². The monoisotopic (exact) mass is 315 g/mol. The molecule has 2 aromatic heterocycles. The van der Waals surface area contributed by atoms with Gasteiger partial charge in [-0.15, -0.1) is 10.2 Å². The second-order valence-corrected chi connectivity index (χ2v) is 6.01. The van der Waals surface area contributed by atoms with Crippen molar-refractivity contribution in [2.24, 2.45) is 7.05 Å². The van der Waals surface area contributed by atoms with E-state index in [0.717, 1.165) is 30.8 Å². The van der Waals surface area contributed by atoms with E-state index in [1.165, 1.54) is 0 Å². The van der Waals surface area contributed by atoms with Gasteiger partial charge in [-0.2, -0.15) is 5.26 Å². The van der Waals surface area contributed by atoms with Crippen LogP contribution in [0.3, 0.4) is 0 Å². The maximum absolute atomic E-state index is 9.19. The molecule has 1 aliphatic heterocycles. The summed E-state index contributed by atoms with van der Waals surface area (Å²) in [5.41, 5.74) is 2.91. The fourth-order valence-electron chi connectivity index (χ4n) is 3.16. The zero-order chi connectivity index (χ0) is 16.6. The molecule has 2 atom stereocenters. The lowest BCUT2D eigenvalue weighted by molar-refractivity contribution is 0.107. The molecule has 0 radical (unpaired) electrons. The number of hydrogen-bond acceptors (Lipinski definition) is 6. The molecule has 0 unspecified atom stereocenters. The molecule has 7 heteroatoms. The van der Waals surface area contributed by atoms with Crippen LogP contribution in [0, 0.1) is 25.2 Å². The highest BCUT2D eigenvalue weighted by atomic mass is 16.5. The molecule has 122 valence electrons. The van der Waals surface area contributed by atoms with Gasteiger partial charge < -0.3 is 13.7 Å². The molecule has 23 heavy (non-hydrogen) atoms. The number of aromatic nitrogens is 3. The minimum Gasteiger partial charge on any atom is -0.424 e. The molecule has 3 rings (SSSR count). The summed E-state index contributed by atoms with van der Waals surface area (Å²) in [6.07, 6.45) is 0.974. The Balaban J connectivity index is 1.86. The van der Waals surface area contributed by atoms with Gasteiger partial charge in [-0.1, -0.05) is 0 Å². The smallest absolute Gasteiger partial charge is 0.233 e. The minimum absolute atomic E-state index is 0.0475. The first-order valence-corrected chi connectivity index (χ1v) is 7.65. The first kappa shape index (κ1) is 15.7. The Bertz CT molecular complexity index is 742. The third kappa shape index (κ3) is 2.87. The Kier molecular flexibility index (Phi) is 4.20. The SMILES string of the molecule is CO[C@H]1C[C@H](c2nnc(C)o2)N(Cc2cc(C#N)n(C)c2C)C1. The number of nitriles is 1.